The van der Waals surface area contributed by atoms with Crippen molar-refractivity contribution in [2.75, 3.05) is 13.6 Å². The molecule has 0 spiro atoms. The highest BCUT2D eigenvalue weighted by molar-refractivity contribution is 6.43. The summed E-state index contributed by atoms with van der Waals surface area (Å²) in [5.74, 6) is -0.464. The van der Waals surface area contributed by atoms with Crippen molar-refractivity contribution in [1.82, 2.24) is 16.0 Å². The lowest BCUT2D eigenvalue weighted by Crippen LogP contribution is -2.55. The number of carbonyl (C=O) groups is 2. The van der Waals surface area contributed by atoms with E-state index in [0.717, 1.165) is 44.9 Å². The average molecular weight is 467 g/mol. The van der Waals surface area contributed by atoms with Crippen LogP contribution in [0.3, 0.4) is 0 Å². The van der Waals surface area contributed by atoms with Gasteiger partial charge in [0, 0.05) is 19.5 Å². The standard InChI is InChI=1S/C23H46BN5O4/c1-5-6-12-18(17-10-7-8-11-17)21(30)28-19(13-9-14-27-23(25)26-4)22(31)29-20(24(32)33)15-16(2)3/h16-20,32-33H,5-15H2,1-4H3,(H,28,30)(H,29,31)(H3,25,26,27)/t18?,19-,20-/m0/s1. The number of guanidine groups is 1. The average Bonchev–Trinajstić information content (AvgIpc) is 3.29. The Hall–Kier alpha value is -1.81. The fraction of sp³-hybridized carbons (Fsp3) is 0.870. The zero-order chi connectivity index (χ0) is 24.8. The van der Waals surface area contributed by atoms with Crippen molar-refractivity contribution in [3.05, 3.63) is 0 Å². The topological polar surface area (TPSA) is 149 Å². The summed E-state index contributed by atoms with van der Waals surface area (Å²) in [6.45, 7) is 6.54. The molecule has 1 rings (SSSR count). The molecule has 3 atom stereocenters. The van der Waals surface area contributed by atoms with Crippen molar-refractivity contribution in [3.8, 4) is 0 Å². The Bertz CT molecular complexity index is 612. The van der Waals surface area contributed by atoms with Gasteiger partial charge in [-0.2, -0.15) is 0 Å². The van der Waals surface area contributed by atoms with Crippen LogP contribution in [0.4, 0.5) is 0 Å². The van der Waals surface area contributed by atoms with E-state index in [1.54, 1.807) is 7.05 Å². The molecule has 0 aromatic heterocycles. The molecule has 33 heavy (non-hydrogen) atoms. The first-order chi connectivity index (χ1) is 15.7. The quantitative estimate of drug-likeness (QED) is 0.0926. The summed E-state index contributed by atoms with van der Waals surface area (Å²) < 4.78 is 0. The van der Waals surface area contributed by atoms with Crippen LogP contribution in [-0.2, 0) is 9.59 Å². The van der Waals surface area contributed by atoms with E-state index in [1.807, 2.05) is 13.8 Å². The fourth-order valence-electron chi connectivity index (χ4n) is 4.56. The number of carbonyl (C=O) groups excluding carboxylic acids is 2. The van der Waals surface area contributed by atoms with Crippen molar-refractivity contribution < 1.29 is 19.6 Å². The van der Waals surface area contributed by atoms with Gasteiger partial charge in [0.15, 0.2) is 5.96 Å². The molecule has 2 amide bonds. The second-order valence-electron chi connectivity index (χ2n) is 9.69. The highest BCUT2D eigenvalue weighted by atomic mass is 16.4. The van der Waals surface area contributed by atoms with Gasteiger partial charge in [-0.3, -0.25) is 14.6 Å². The van der Waals surface area contributed by atoms with Gasteiger partial charge < -0.3 is 31.7 Å². The number of aliphatic imine (C=N–C) groups is 1. The first-order valence-corrected chi connectivity index (χ1v) is 12.6. The van der Waals surface area contributed by atoms with E-state index in [4.69, 9.17) is 5.73 Å². The van der Waals surface area contributed by atoms with Gasteiger partial charge in [0.2, 0.25) is 11.8 Å². The van der Waals surface area contributed by atoms with E-state index in [1.165, 1.54) is 0 Å². The van der Waals surface area contributed by atoms with Crippen LogP contribution < -0.4 is 21.7 Å². The molecule has 1 saturated carbocycles. The lowest BCUT2D eigenvalue weighted by molar-refractivity contribution is -0.132. The van der Waals surface area contributed by atoms with E-state index in [2.05, 4.69) is 27.9 Å². The number of hydrogen-bond donors (Lipinski definition) is 6. The Balaban J connectivity index is 2.89. The van der Waals surface area contributed by atoms with Crippen LogP contribution in [0.25, 0.3) is 0 Å². The van der Waals surface area contributed by atoms with Crippen LogP contribution in [0.15, 0.2) is 4.99 Å². The fourth-order valence-corrected chi connectivity index (χ4v) is 4.56. The van der Waals surface area contributed by atoms with E-state index >= 15 is 0 Å². The number of nitrogens with zero attached hydrogens (tertiary/aromatic N) is 1. The first kappa shape index (κ1) is 29.2. The van der Waals surface area contributed by atoms with Gasteiger partial charge >= 0.3 is 7.12 Å². The predicted molar refractivity (Wildman–Crippen MR) is 133 cm³/mol. The van der Waals surface area contributed by atoms with Gasteiger partial charge in [0.1, 0.15) is 6.04 Å². The van der Waals surface area contributed by atoms with Gasteiger partial charge in [-0.25, -0.2) is 0 Å². The van der Waals surface area contributed by atoms with Gasteiger partial charge in [-0.15, -0.1) is 0 Å². The Morgan fingerprint density at radius 3 is 2.30 bits per heavy atom. The molecule has 0 aromatic rings. The lowest BCUT2D eigenvalue weighted by atomic mass is 9.75. The van der Waals surface area contributed by atoms with Crippen molar-refractivity contribution in [1.29, 1.82) is 0 Å². The monoisotopic (exact) mass is 467 g/mol. The molecule has 1 unspecified atom stereocenters. The molecule has 7 N–H and O–H groups in total. The van der Waals surface area contributed by atoms with Gasteiger partial charge in [-0.1, -0.05) is 46.5 Å². The molecular formula is C23H46BN5O4. The Kier molecular flexibility index (Phi) is 14.1. The van der Waals surface area contributed by atoms with Crippen LogP contribution in [0.1, 0.15) is 85.0 Å². The number of hydrogen-bond acceptors (Lipinski definition) is 5. The molecular weight excluding hydrogens is 421 g/mol. The molecule has 1 aliphatic rings. The number of amides is 2. The third-order valence-corrected chi connectivity index (χ3v) is 6.44. The van der Waals surface area contributed by atoms with Crippen molar-refractivity contribution >= 4 is 24.9 Å². The maximum absolute atomic E-state index is 13.3. The number of nitrogens with two attached hydrogens (primary N) is 1. The molecule has 0 heterocycles. The SMILES string of the molecule is CCCCC(C(=O)N[C@@H](CCCNC(N)=NC)C(=O)N[C@@H](CC(C)C)B(O)O)C1CCCC1. The van der Waals surface area contributed by atoms with Crippen LogP contribution in [0.2, 0.25) is 0 Å². The third kappa shape index (κ3) is 11.2. The highest BCUT2D eigenvalue weighted by Gasteiger charge is 2.34. The molecule has 1 aliphatic carbocycles. The molecule has 0 saturated heterocycles. The second kappa shape index (κ2) is 15.9. The van der Waals surface area contributed by atoms with E-state index in [-0.39, 0.29) is 23.7 Å². The highest BCUT2D eigenvalue weighted by Crippen LogP contribution is 2.34. The maximum atomic E-state index is 13.3. The minimum Gasteiger partial charge on any atom is -0.426 e. The third-order valence-electron chi connectivity index (χ3n) is 6.44. The largest absolute Gasteiger partial charge is 0.475 e. The number of unbranched alkanes of at least 4 members (excludes halogenated alkanes) is 1. The molecule has 190 valence electrons. The van der Waals surface area contributed by atoms with E-state index in [9.17, 15) is 19.6 Å². The molecule has 1 fully saturated rings. The molecule has 0 aromatic carbocycles. The normalized spacial score (nSPS) is 17.5. The summed E-state index contributed by atoms with van der Waals surface area (Å²) >= 11 is 0. The summed E-state index contributed by atoms with van der Waals surface area (Å²) in [6.07, 6.45) is 8.70. The minimum absolute atomic E-state index is 0.0666. The van der Waals surface area contributed by atoms with Gasteiger partial charge in [-0.05, 0) is 50.4 Å². The van der Waals surface area contributed by atoms with Crippen molar-refractivity contribution in [2.45, 2.75) is 97.0 Å². The number of nitrogens with one attached hydrogen (secondary N) is 3. The van der Waals surface area contributed by atoms with Crippen LogP contribution in [0, 0.1) is 17.8 Å². The Morgan fingerprint density at radius 2 is 1.76 bits per heavy atom. The van der Waals surface area contributed by atoms with E-state index < -0.39 is 19.1 Å². The summed E-state index contributed by atoms with van der Waals surface area (Å²) in [5.41, 5.74) is 5.67. The minimum atomic E-state index is -1.66. The van der Waals surface area contributed by atoms with Gasteiger partial charge in [0.05, 0.1) is 5.94 Å². The predicted octanol–water partition coefficient (Wildman–Crippen LogP) is 1.33. The van der Waals surface area contributed by atoms with Gasteiger partial charge in [0.25, 0.3) is 0 Å². The van der Waals surface area contributed by atoms with Crippen molar-refractivity contribution in [2.24, 2.45) is 28.5 Å². The number of rotatable bonds is 15. The Labute approximate surface area is 199 Å². The van der Waals surface area contributed by atoms with Crippen LogP contribution >= 0.6 is 0 Å². The molecule has 10 heteroatoms. The molecule has 9 nitrogen and oxygen atoms in total. The summed E-state index contributed by atoms with van der Waals surface area (Å²) in [4.78, 5) is 30.2. The zero-order valence-electron chi connectivity index (χ0n) is 21.0. The lowest BCUT2D eigenvalue weighted by Gasteiger charge is -2.28. The smallest absolute Gasteiger partial charge is 0.426 e. The molecule has 0 bridgehead atoms. The Morgan fingerprint density at radius 1 is 1.09 bits per heavy atom. The summed E-state index contributed by atoms with van der Waals surface area (Å²) in [6, 6.07) is -0.752. The van der Waals surface area contributed by atoms with Crippen LogP contribution in [0.5, 0.6) is 0 Å². The summed E-state index contributed by atoms with van der Waals surface area (Å²) in [7, 11) is -0.0708. The van der Waals surface area contributed by atoms with Crippen molar-refractivity contribution in [3.63, 3.8) is 0 Å². The molecule has 0 aliphatic heterocycles. The molecule has 0 radical (unpaired) electrons. The first-order valence-electron chi connectivity index (χ1n) is 12.6. The van der Waals surface area contributed by atoms with E-state index in [0.29, 0.717) is 37.7 Å². The zero-order valence-corrected chi connectivity index (χ0v) is 21.0. The maximum Gasteiger partial charge on any atom is 0.475 e. The second-order valence-corrected chi connectivity index (χ2v) is 9.69. The van der Waals surface area contributed by atoms with Crippen LogP contribution in [-0.4, -0.2) is 60.5 Å². The summed E-state index contributed by atoms with van der Waals surface area (Å²) in [5, 5.41) is 28.1.